The Morgan fingerprint density at radius 2 is 2.28 bits per heavy atom. The number of aliphatic carboxylic acids is 1. The number of hydrogen-bond donors (Lipinski definition) is 1. The number of rotatable bonds is 6. The van der Waals surface area contributed by atoms with E-state index in [-0.39, 0.29) is 12.0 Å². The highest BCUT2D eigenvalue weighted by atomic mass is 17.2. The first kappa shape index (κ1) is 15.2. The standard InChI is InChI=1S/C14H24O4/c1-4-7-8-14(6-3)10-11(5-2)12(17-18-14)9-13(15)16/h5,12H,4,6-10H2,1-3H3,(H,15,16)/b11-5-/t12-,14-/m0/s1. The van der Waals surface area contributed by atoms with Crippen LogP contribution in [0.25, 0.3) is 0 Å². The van der Waals surface area contributed by atoms with Gasteiger partial charge in [0.2, 0.25) is 0 Å². The fourth-order valence-electron chi connectivity index (χ4n) is 2.34. The largest absolute Gasteiger partial charge is 0.481 e. The molecule has 1 N–H and O–H groups in total. The van der Waals surface area contributed by atoms with Crippen LogP contribution in [0.15, 0.2) is 11.6 Å². The summed E-state index contributed by atoms with van der Waals surface area (Å²) in [5.41, 5.74) is 0.772. The number of carboxylic acid groups (broad SMARTS) is 1. The van der Waals surface area contributed by atoms with Crippen LogP contribution in [0.1, 0.15) is 59.3 Å². The maximum atomic E-state index is 10.8. The molecule has 0 bridgehead atoms. The summed E-state index contributed by atoms with van der Waals surface area (Å²) in [6.45, 7) is 6.17. The van der Waals surface area contributed by atoms with Crippen molar-refractivity contribution in [2.75, 3.05) is 0 Å². The maximum Gasteiger partial charge on any atom is 0.306 e. The van der Waals surface area contributed by atoms with E-state index in [1.807, 2.05) is 13.0 Å². The molecule has 2 atom stereocenters. The molecule has 1 fully saturated rings. The molecule has 0 saturated carbocycles. The average Bonchev–Trinajstić information content (AvgIpc) is 2.37. The fraction of sp³-hybridized carbons (Fsp3) is 0.786. The lowest BCUT2D eigenvalue weighted by atomic mass is 9.84. The van der Waals surface area contributed by atoms with Gasteiger partial charge in [-0.2, -0.15) is 0 Å². The highest BCUT2D eigenvalue weighted by Gasteiger charge is 2.39. The molecule has 1 rings (SSSR count). The number of carboxylic acids is 1. The molecule has 0 radical (unpaired) electrons. The van der Waals surface area contributed by atoms with E-state index < -0.39 is 12.1 Å². The van der Waals surface area contributed by atoms with E-state index in [4.69, 9.17) is 14.9 Å². The van der Waals surface area contributed by atoms with Crippen LogP contribution < -0.4 is 0 Å². The van der Waals surface area contributed by atoms with Crippen molar-refractivity contribution >= 4 is 5.97 Å². The van der Waals surface area contributed by atoms with Gasteiger partial charge in [-0.15, -0.1) is 0 Å². The Bertz CT molecular complexity index is 311. The van der Waals surface area contributed by atoms with E-state index in [1.165, 1.54) is 0 Å². The minimum absolute atomic E-state index is 0.0345. The molecule has 18 heavy (non-hydrogen) atoms. The molecule has 0 aromatic carbocycles. The van der Waals surface area contributed by atoms with Gasteiger partial charge in [0.05, 0.1) is 6.42 Å². The minimum atomic E-state index is -0.861. The Labute approximate surface area is 109 Å². The van der Waals surface area contributed by atoms with Gasteiger partial charge in [-0.25, -0.2) is 9.78 Å². The summed E-state index contributed by atoms with van der Waals surface area (Å²) < 4.78 is 0. The van der Waals surface area contributed by atoms with Gasteiger partial charge in [0, 0.05) is 6.42 Å². The predicted octanol–water partition coefficient (Wildman–Crippen LogP) is 3.47. The zero-order valence-electron chi connectivity index (χ0n) is 11.6. The Balaban J connectivity index is 2.72. The van der Waals surface area contributed by atoms with Gasteiger partial charge in [-0.05, 0) is 25.3 Å². The number of allylic oxidation sites excluding steroid dienone is 1. The second-order valence-electron chi connectivity index (χ2n) is 4.95. The van der Waals surface area contributed by atoms with Crippen molar-refractivity contribution in [3.05, 3.63) is 11.6 Å². The number of carbonyl (C=O) groups is 1. The average molecular weight is 256 g/mol. The van der Waals surface area contributed by atoms with Gasteiger partial charge in [0.25, 0.3) is 0 Å². The lowest BCUT2D eigenvalue weighted by Gasteiger charge is -2.39. The van der Waals surface area contributed by atoms with Gasteiger partial charge in [0.1, 0.15) is 11.7 Å². The lowest BCUT2D eigenvalue weighted by Crippen LogP contribution is -2.41. The van der Waals surface area contributed by atoms with Gasteiger partial charge in [0.15, 0.2) is 0 Å². The van der Waals surface area contributed by atoms with Crippen LogP contribution in [0.5, 0.6) is 0 Å². The molecular weight excluding hydrogens is 232 g/mol. The van der Waals surface area contributed by atoms with Crippen LogP contribution in [-0.4, -0.2) is 22.8 Å². The van der Waals surface area contributed by atoms with Crippen molar-refractivity contribution in [1.29, 1.82) is 0 Å². The summed E-state index contributed by atoms with van der Waals surface area (Å²) in [4.78, 5) is 21.7. The predicted molar refractivity (Wildman–Crippen MR) is 69.1 cm³/mol. The summed E-state index contributed by atoms with van der Waals surface area (Å²) in [5.74, 6) is -0.861. The molecule has 0 amide bonds. The van der Waals surface area contributed by atoms with Crippen LogP contribution in [-0.2, 0) is 14.6 Å². The summed E-state index contributed by atoms with van der Waals surface area (Å²) in [6, 6.07) is 0. The van der Waals surface area contributed by atoms with Crippen LogP contribution in [0.3, 0.4) is 0 Å². The third-order valence-electron chi connectivity index (χ3n) is 3.64. The van der Waals surface area contributed by atoms with Crippen LogP contribution in [0.2, 0.25) is 0 Å². The third-order valence-corrected chi connectivity index (χ3v) is 3.64. The third kappa shape index (κ3) is 3.82. The summed E-state index contributed by atoms with van der Waals surface area (Å²) in [6.07, 6.45) is 6.32. The number of hydrogen-bond acceptors (Lipinski definition) is 3. The lowest BCUT2D eigenvalue weighted by molar-refractivity contribution is -0.397. The molecule has 4 nitrogen and oxygen atoms in total. The Morgan fingerprint density at radius 1 is 1.56 bits per heavy atom. The summed E-state index contributed by atoms with van der Waals surface area (Å²) in [5, 5.41) is 8.84. The normalized spacial score (nSPS) is 30.6. The van der Waals surface area contributed by atoms with E-state index in [0.717, 1.165) is 37.7 Å². The van der Waals surface area contributed by atoms with E-state index in [2.05, 4.69) is 13.8 Å². The Hall–Kier alpha value is -0.870. The van der Waals surface area contributed by atoms with Crippen molar-refractivity contribution in [3.8, 4) is 0 Å². The first-order valence-corrected chi connectivity index (χ1v) is 6.78. The van der Waals surface area contributed by atoms with E-state index in [1.54, 1.807) is 0 Å². The SMILES string of the molecule is C/C=C1/C[C@](CC)(CCCC)OO[C@H]1CC(=O)O. The zero-order chi connectivity index (χ0) is 13.6. The second-order valence-corrected chi connectivity index (χ2v) is 4.95. The molecule has 1 saturated heterocycles. The topological polar surface area (TPSA) is 55.8 Å². The smallest absolute Gasteiger partial charge is 0.306 e. The van der Waals surface area contributed by atoms with E-state index >= 15 is 0 Å². The second kappa shape index (κ2) is 6.90. The fourth-order valence-corrected chi connectivity index (χ4v) is 2.34. The summed E-state index contributed by atoms with van der Waals surface area (Å²) >= 11 is 0. The maximum absolute atomic E-state index is 10.8. The summed E-state index contributed by atoms with van der Waals surface area (Å²) in [7, 11) is 0. The Kier molecular flexibility index (Phi) is 5.82. The Morgan fingerprint density at radius 3 is 2.78 bits per heavy atom. The first-order valence-electron chi connectivity index (χ1n) is 6.78. The van der Waals surface area contributed by atoms with Gasteiger partial charge >= 0.3 is 5.97 Å². The van der Waals surface area contributed by atoms with Gasteiger partial charge in [-0.3, -0.25) is 4.79 Å². The first-order chi connectivity index (χ1) is 8.56. The van der Waals surface area contributed by atoms with Crippen molar-refractivity contribution in [1.82, 2.24) is 0 Å². The molecule has 0 aliphatic carbocycles. The molecule has 0 spiro atoms. The van der Waals surface area contributed by atoms with Crippen molar-refractivity contribution in [3.63, 3.8) is 0 Å². The monoisotopic (exact) mass is 256 g/mol. The van der Waals surface area contributed by atoms with Crippen LogP contribution >= 0.6 is 0 Å². The minimum Gasteiger partial charge on any atom is -0.481 e. The molecule has 1 aliphatic rings. The van der Waals surface area contributed by atoms with Crippen LogP contribution in [0.4, 0.5) is 0 Å². The van der Waals surface area contributed by atoms with Crippen molar-refractivity contribution in [2.24, 2.45) is 0 Å². The van der Waals surface area contributed by atoms with E-state index in [0.29, 0.717) is 0 Å². The van der Waals surface area contributed by atoms with Crippen molar-refractivity contribution in [2.45, 2.75) is 71.0 Å². The molecule has 0 unspecified atom stereocenters. The highest BCUT2D eigenvalue weighted by molar-refractivity contribution is 5.68. The van der Waals surface area contributed by atoms with Gasteiger partial charge in [-0.1, -0.05) is 32.8 Å². The molecule has 1 heterocycles. The molecule has 104 valence electrons. The molecule has 1 aliphatic heterocycles. The quantitative estimate of drug-likeness (QED) is 0.584. The molecule has 4 heteroatoms. The van der Waals surface area contributed by atoms with Crippen LogP contribution in [0, 0.1) is 0 Å². The number of unbranched alkanes of at least 4 members (excludes halogenated alkanes) is 1. The zero-order valence-corrected chi connectivity index (χ0v) is 11.6. The highest BCUT2D eigenvalue weighted by Crippen LogP contribution is 2.38. The molecule has 0 aromatic rings. The molecule has 0 aromatic heterocycles. The van der Waals surface area contributed by atoms with Crippen molar-refractivity contribution < 1.29 is 19.7 Å². The van der Waals surface area contributed by atoms with E-state index in [9.17, 15) is 4.79 Å². The molecular formula is C14H24O4. The van der Waals surface area contributed by atoms with Gasteiger partial charge < -0.3 is 5.11 Å².